The first kappa shape index (κ1) is 16.4. The van der Waals surface area contributed by atoms with Crippen LogP contribution >= 0.6 is 0 Å². The van der Waals surface area contributed by atoms with Crippen LogP contribution in [0.1, 0.15) is 52.9 Å². The van der Waals surface area contributed by atoms with Crippen LogP contribution in [0.15, 0.2) is 30.3 Å². The Morgan fingerprint density at radius 1 is 1.19 bits per heavy atom. The van der Waals surface area contributed by atoms with Crippen molar-refractivity contribution in [2.75, 3.05) is 0 Å². The third-order valence-electron chi connectivity index (χ3n) is 4.90. The molecule has 4 rings (SSSR count). The van der Waals surface area contributed by atoms with Crippen molar-refractivity contribution in [3.05, 3.63) is 53.2 Å². The maximum absolute atomic E-state index is 13.0. The molecule has 1 atom stereocenters. The van der Waals surface area contributed by atoms with Crippen molar-refractivity contribution in [2.45, 2.75) is 45.1 Å². The molecule has 130 valence electrons. The molecule has 0 amide bonds. The van der Waals surface area contributed by atoms with Crippen LogP contribution in [0.3, 0.4) is 0 Å². The number of benzene rings is 1. The van der Waals surface area contributed by atoms with Crippen molar-refractivity contribution in [3.8, 4) is 6.07 Å². The lowest BCUT2D eigenvalue weighted by Gasteiger charge is -2.11. The summed E-state index contributed by atoms with van der Waals surface area (Å²) in [5.41, 5.74) is 2.27. The third kappa shape index (κ3) is 2.86. The summed E-state index contributed by atoms with van der Waals surface area (Å²) in [5.74, 6) is 0.167. The number of carbonyl (C=O) groups is 1. The zero-order chi connectivity index (χ0) is 18.1. The van der Waals surface area contributed by atoms with Crippen LogP contribution in [0.25, 0.3) is 10.9 Å². The molecule has 1 aliphatic heterocycles. The summed E-state index contributed by atoms with van der Waals surface area (Å²) in [4.78, 5) is 17.5. The molecule has 0 saturated heterocycles. The number of nitriles is 1. The smallest absolute Gasteiger partial charge is 0.187 e. The summed E-state index contributed by atoms with van der Waals surface area (Å²) in [7, 11) is 0. The maximum atomic E-state index is 13.0. The van der Waals surface area contributed by atoms with E-state index >= 15 is 0 Å². The Morgan fingerprint density at radius 2 is 2.08 bits per heavy atom. The number of aromatic nitrogens is 4. The van der Waals surface area contributed by atoms with Gasteiger partial charge in [0.15, 0.2) is 17.5 Å². The highest BCUT2D eigenvalue weighted by Crippen LogP contribution is 2.24. The minimum absolute atomic E-state index is 0.241. The number of Topliss-reactive ketones (excluding diaryl/α,β-unsaturated/α-hetero) is 1. The first-order chi connectivity index (χ1) is 12.7. The second-order valence-corrected chi connectivity index (χ2v) is 6.72. The first-order valence-electron chi connectivity index (χ1n) is 8.90. The average molecular weight is 345 g/mol. The highest BCUT2D eigenvalue weighted by molar-refractivity contribution is 6.04. The number of rotatable bonds is 3. The Balaban J connectivity index is 1.71. The summed E-state index contributed by atoms with van der Waals surface area (Å²) < 4.78 is 1.96. The Kier molecular flexibility index (Phi) is 4.21. The van der Waals surface area contributed by atoms with Gasteiger partial charge >= 0.3 is 0 Å². The lowest BCUT2D eigenvalue weighted by molar-refractivity contribution is 0.0974. The fourth-order valence-corrected chi connectivity index (χ4v) is 3.50. The topological polar surface area (TPSA) is 84.5 Å². The predicted molar refractivity (Wildman–Crippen MR) is 96.7 cm³/mol. The summed E-state index contributed by atoms with van der Waals surface area (Å²) in [6.45, 7) is 2.70. The van der Waals surface area contributed by atoms with Gasteiger partial charge in [-0.1, -0.05) is 12.5 Å². The van der Waals surface area contributed by atoms with Crippen molar-refractivity contribution in [2.24, 2.45) is 0 Å². The quantitative estimate of drug-likeness (QED) is 0.680. The molecule has 0 N–H and O–H groups in total. The predicted octanol–water partition coefficient (Wildman–Crippen LogP) is 3.35. The normalized spacial score (nSPS) is 15.1. The van der Waals surface area contributed by atoms with E-state index in [1.807, 2.05) is 29.7 Å². The molecule has 0 unspecified atom stereocenters. The van der Waals surface area contributed by atoms with E-state index in [-0.39, 0.29) is 5.78 Å². The molecule has 6 nitrogen and oxygen atoms in total. The van der Waals surface area contributed by atoms with Crippen molar-refractivity contribution in [1.29, 1.82) is 5.26 Å². The number of aryl methyl sites for hydroxylation is 2. The SMILES string of the molecule is Cc1ccc2cc(C(=O)[C@@H](C#N)c3nnc4n3CCCCC4)ccc2n1. The van der Waals surface area contributed by atoms with Gasteiger partial charge in [0.25, 0.3) is 0 Å². The van der Waals surface area contributed by atoms with Crippen molar-refractivity contribution >= 4 is 16.7 Å². The van der Waals surface area contributed by atoms with Gasteiger partial charge in [-0.2, -0.15) is 5.26 Å². The third-order valence-corrected chi connectivity index (χ3v) is 4.90. The van der Waals surface area contributed by atoms with Gasteiger partial charge in [0.1, 0.15) is 5.82 Å². The largest absolute Gasteiger partial charge is 0.313 e. The van der Waals surface area contributed by atoms with E-state index in [1.165, 1.54) is 0 Å². The summed E-state index contributed by atoms with van der Waals surface area (Å²) in [6, 6.07) is 11.4. The van der Waals surface area contributed by atoms with Crippen LogP contribution in [0.2, 0.25) is 0 Å². The molecule has 6 heteroatoms. The van der Waals surface area contributed by atoms with Gasteiger partial charge in [-0.25, -0.2) is 0 Å². The molecular formula is C20H19N5O. The molecule has 3 heterocycles. The molecule has 0 bridgehead atoms. The second-order valence-electron chi connectivity index (χ2n) is 6.72. The van der Waals surface area contributed by atoms with Gasteiger partial charge in [0.05, 0.1) is 11.6 Å². The van der Waals surface area contributed by atoms with E-state index in [0.717, 1.165) is 54.6 Å². The van der Waals surface area contributed by atoms with Crippen molar-refractivity contribution in [1.82, 2.24) is 19.7 Å². The minimum atomic E-state index is -0.940. The van der Waals surface area contributed by atoms with E-state index in [0.29, 0.717) is 11.4 Å². The molecule has 0 aliphatic carbocycles. The van der Waals surface area contributed by atoms with E-state index < -0.39 is 5.92 Å². The van der Waals surface area contributed by atoms with Crippen LogP contribution in [-0.4, -0.2) is 25.5 Å². The van der Waals surface area contributed by atoms with Gasteiger partial charge in [-0.15, -0.1) is 10.2 Å². The molecule has 2 aromatic heterocycles. The number of carbonyl (C=O) groups excluding carboxylic acids is 1. The van der Waals surface area contributed by atoms with Gasteiger partial charge in [0, 0.05) is 29.6 Å². The molecular weight excluding hydrogens is 326 g/mol. The van der Waals surface area contributed by atoms with E-state index in [2.05, 4.69) is 21.3 Å². The summed E-state index contributed by atoms with van der Waals surface area (Å²) in [5, 5.41) is 19.0. The molecule has 0 radical (unpaired) electrons. The monoisotopic (exact) mass is 345 g/mol. The lowest BCUT2D eigenvalue weighted by atomic mass is 9.96. The van der Waals surface area contributed by atoms with Crippen molar-refractivity contribution in [3.63, 3.8) is 0 Å². The summed E-state index contributed by atoms with van der Waals surface area (Å²) in [6.07, 6.45) is 4.07. The minimum Gasteiger partial charge on any atom is -0.313 e. The number of hydrogen-bond acceptors (Lipinski definition) is 5. The molecule has 0 spiro atoms. The molecule has 1 aromatic carbocycles. The second kappa shape index (κ2) is 6.68. The molecule has 3 aromatic rings. The number of fused-ring (bicyclic) bond motifs is 2. The number of pyridine rings is 1. The van der Waals surface area contributed by atoms with Gasteiger partial charge in [-0.3, -0.25) is 9.78 Å². The lowest BCUT2D eigenvalue weighted by Crippen LogP contribution is -2.17. The van der Waals surface area contributed by atoms with Crippen LogP contribution in [0.5, 0.6) is 0 Å². The Hall–Kier alpha value is -3.07. The van der Waals surface area contributed by atoms with Crippen LogP contribution < -0.4 is 0 Å². The maximum Gasteiger partial charge on any atom is 0.187 e. The van der Waals surface area contributed by atoms with Crippen LogP contribution in [0.4, 0.5) is 0 Å². The van der Waals surface area contributed by atoms with Crippen LogP contribution in [0, 0.1) is 18.3 Å². The molecule has 0 fully saturated rings. The molecule has 0 saturated carbocycles. The van der Waals surface area contributed by atoms with Gasteiger partial charge in [0.2, 0.25) is 0 Å². The van der Waals surface area contributed by atoms with Gasteiger partial charge < -0.3 is 4.57 Å². The highest BCUT2D eigenvalue weighted by atomic mass is 16.1. The fourth-order valence-electron chi connectivity index (χ4n) is 3.50. The van der Waals surface area contributed by atoms with E-state index in [1.54, 1.807) is 12.1 Å². The van der Waals surface area contributed by atoms with Crippen LogP contribution in [-0.2, 0) is 13.0 Å². The Labute approximate surface area is 151 Å². The average Bonchev–Trinajstić information content (AvgIpc) is 2.89. The summed E-state index contributed by atoms with van der Waals surface area (Å²) >= 11 is 0. The Morgan fingerprint density at radius 3 is 2.92 bits per heavy atom. The molecule has 1 aliphatic rings. The van der Waals surface area contributed by atoms with E-state index in [4.69, 9.17) is 0 Å². The number of ketones is 1. The fraction of sp³-hybridized carbons (Fsp3) is 0.350. The number of hydrogen-bond donors (Lipinski definition) is 0. The molecule has 26 heavy (non-hydrogen) atoms. The first-order valence-corrected chi connectivity index (χ1v) is 8.90. The van der Waals surface area contributed by atoms with E-state index in [9.17, 15) is 10.1 Å². The standard InChI is InChI=1S/C20H19N5O/c1-13-6-7-14-11-15(8-9-17(14)22-13)19(26)16(12-21)20-24-23-18-5-3-2-4-10-25(18)20/h6-9,11,16H,2-5,10H2,1H3/t16-/m1/s1. The highest BCUT2D eigenvalue weighted by Gasteiger charge is 2.29. The Bertz CT molecular complexity index is 1030. The number of nitrogens with zero attached hydrogens (tertiary/aromatic N) is 5. The zero-order valence-electron chi connectivity index (χ0n) is 14.6. The van der Waals surface area contributed by atoms with Crippen molar-refractivity contribution < 1.29 is 4.79 Å². The van der Waals surface area contributed by atoms with Gasteiger partial charge in [-0.05, 0) is 44.0 Å². The zero-order valence-corrected chi connectivity index (χ0v) is 14.6.